The van der Waals surface area contributed by atoms with Crippen LogP contribution < -0.4 is 0 Å². The predicted octanol–water partition coefficient (Wildman–Crippen LogP) is 4.51. The van der Waals surface area contributed by atoms with Crippen LogP contribution in [-0.2, 0) is 17.8 Å². The van der Waals surface area contributed by atoms with Gasteiger partial charge in [0.1, 0.15) is 5.82 Å². The maximum atomic E-state index is 13.3. The van der Waals surface area contributed by atoms with Crippen LogP contribution in [0, 0.1) is 5.82 Å². The molecule has 2 aromatic carbocycles. The minimum absolute atomic E-state index is 0.114. The summed E-state index contributed by atoms with van der Waals surface area (Å²) in [6, 6.07) is 13.2. The van der Waals surface area contributed by atoms with Crippen molar-refractivity contribution in [1.29, 1.82) is 0 Å². The summed E-state index contributed by atoms with van der Waals surface area (Å²) in [7, 11) is 0. The van der Waals surface area contributed by atoms with Gasteiger partial charge in [-0.1, -0.05) is 42.8 Å². The summed E-state index contributed by atoms with van der Waals surface area (Å²) >= 11 is 6.15. The van der Waals surface area contributed by atoms with Crippen molar-refractivity contribution >= 4 is 17.5 Å². The molecule has 1 amide bonds. The number of carbonyl (C=O) groups excluding carboxylic acids is 1. The van der Waals surface area contributed by atoms with Gasteiger partial charge in [0, 0.05) is 6.54 Å². The third-order valence-electron chi connectivity index (χ3n) is 3.99. The van der Waals surface area contributed by atoms with Crippen LogP contribution in [0.25, 0.3) is 11.5 Å². The number of hydrogen-bond acceptors (Lipinski definition) is 4. The Morgan fingerprint density at radius 1 is 1.19 bits per heavy atom. The van der Waals surface area contributed by atoms with Crippen LogP contribution in [-0.4, -0.2) is 27.5 Å². The van der Waals surface area contributed by atoms with Gasteiger partial charge in [0.2, 0.25) is 17.7 Å². The quantitative estimate of drug-likeness (QED) is 0.598. The van der Waals surface area contributed by atoms with Crippen molar-refractivity contribution in [2.24, 2.45) is 0 Å². The first-order valence-corrected chi connectivity index (χ1v) is 9.04. The smallest absolute Gasteiger partial charge is 0.249 e. The third-order valence-corrected chi connectivity index (χ3v) is 4.32. The van der Waals surface area contributed by atoms with Gasteiger partial charge in [-0.15, -0.1) is 10.2 Å². The minimum atomic E-state index is -0.358. The Kier molecular flexibility index (Phi) is 6.19. The molecule has 0 atom stereocenters. The highest BCUT2D eigenvalue weighted by molar-refractivity contribution is 6.33. The number of amides is 1. The summed E-state index contributed by atoms with van der Waals surface area (Å²) in [5.74, 6) is 0.152. The number of carbonyl (C=O) groups is 1. The lowest BCUT2D eigenvalue weighted by Crippen LogP contribution is -2.32. The van der Waals surface area contributed by atoms with Crippen LogP contribution in [0.1, 0.15) is 24.8 Å². The zero-order valence-corrected chi connectivity index (χ0v) is 15.6. The Bertz CT molecular complexity index is 929. The van der Waals surface area contributed by atoms with E-state index in [0.29, 0.717) is 34.5 Å². The molecular weight excluding hydrogens is 369 g/mol. The largest absolute Gasteiger partial charge is 0.419 e. The molecule has 0 saturated heterocycles. The summed E-state index contributed by atoms with van der Waals surface area (Å²) in [6.45, 7) is 2.71. The van der Waals surface area contributed by atoms with Crippen molar-refractivity contribution in [1.82, 2.24) is 15.1 Å². The van der Waals surface area contributed by atoms with Gasteiger partial charge in [-0.2, -0.15) is 0 Å². The molecule has 0 aliphatic heterocycles. The van der Waals surface area contributed by atoms with Crippen molar-refractivity contribution < 1.29 is 13.6 Å². The van der Waals surface area contributed by atoms with Gasteiger partial charge >= 0.3 is 0 Å². The van der Waals surface area contributed by atoms with Crippen molar-refractivity contribution in [3.05, 3.63) is 70.8 Å². The van der Waals surface area contributed by atoms with Crippen LogP contribution in [0.2, 0.25) is 5.02 Å². The number of hydrogen-bond donors (Lipinski definition) is 0. The van der Waals surface area contributed by atoms with Gasteiger partial charge in [-0.3, -0.25) is 4.79 Å². The summed E-state index contributed by atoms with van der Waals surface area (Å²) < 4.78 is 19.0. The average molecular weight is 388 g/mol. The number of halogens is 2. The molecule has 0 radical (unpaired) electrons. The summed E-state index contributed by atoms with van der Waals surface area (Å²) in [5, 5.41) is 8.57. The molecule has 0 unspecified atom stereocenters. The van der Waals surface area contributed by atoms with Gasteiger partial charge < -0.3 is 9.32 Å². The second-order valence-corrected chi connectivity index (χ2v) is 6.51. The van der Waals surface area contributed by atoms with E-state index >= 15 is 0 Å². The van der Waals surface area contributed by atoms with Gasteiger partial charge in [0.15, 0.2) is 0 Å². The van der Waals surface area contributed by atoms with E-state index in [-0.39, 0.29) is 24.7 Å². The van der Waals surface area contributed by atoms with Crippen LogP contribution in [0.3, 0.4) is 0 Å². The molecule has 3 rings (SSSR count). The second-order valence-electron chi connectivity index (χ2n) is 6.10. The van der Waals surface area contributed by atoms with Crippen molar-refractivity contribution in [2.75, 3.05) is 6.54 Å². The molecule has 1 heterocycles. The predicted molar refractivity (Wildman–Crippen MR) is 101 cm³/mol. The van der Waals surface area contributed by atoms with E-state index in [1.807, 2.05) is 19.1 Å². The fourth-order valence-corrected chi connectivity index (χ4v) is 2.94. The van der Waals surface area contributed by atoms with Gasteiger partial charge in [0.25, 0.3) is 0 Å². The van der Waals surface area contributed by atoms with E-state index in [4.69, 9.17) is 16.0 Å². The SMILES string of the molecule is CCCN(Cc1nnc(-c2ccccc2Cl)o1)C(=O)Cc1cccc(F)c1. The van der Waals surface area contributed by atoms with Crippen molar-refractivity contribution in [3.63, 3.8) is 0 Å². The molecule has 0 saturated carbocycles. The lowest BCUT2D eigenvalue weighted by atomic mass is 10.1. The summed E-state index contributed by atoms with van der Waals surface area (Å²) in [5.41, 5.74) is 1.27. The Morgan fingerprint density at radius 3 is 2.74 bits per heavy atom. The second kappa shape index (κ2) is 8.77. The van der Waals surface area contributed by atoms with Gasteiger partial charge in [-0.05, 0) is 36.2 Å². The standard InChI is InChI=1S/C20H19ClFN3O2/c1-2-10-25(19(26)12-14-6-5-7-15(22)11-14)13-18-23-24-20(27-18)16-8-3-4-9-17(16)21/h3-9,11H,2,10,12-13H2,1H3. The lowest BCUT2D eigenvalue weighted by molar-refractivity contribution is -0.131. The van der Waals surface area contributed by atoms with Gasteiger partial charge in [-0.25, -0.2) is 4.39 Å². The third kappa shape index (κ3) is 4.92. The summed E-state index contributed by atoms with van der Waals surface area (Å²) in [4.78, 5) is 14.3. The van der Waals surface area contributed by atoms with Crippen LogP contribution >= 0.6 is 11.6 Å². The van der Waals surface area contributed by atoms with Crippen LogP contribution in [0.5, 0.6) is 0 Å². The molecule has 27 heavy (non-hydrogen) atoms. The Labute approximate surface area is 161 Å². The maximum absolute atomic E-state index is 13.3. The summed E-state index contributed by atoms with van der Waals surface area (Å²) in [6.07, 6.45) is 0.893. The van der Waals surface area contributed by atoms with E-state index in [2.05, 4.69) is 10.2 Å². The van der Waals surface area contributed by atoms with E-state index in [1.54, 1.807) is 29.2 Å². The number of benzene rings is 2. The molecule has 0 N–H and O–H groups in total. The van der Waals surface area contributed by atoms with E-state index in [9.17, 15) is 9.18 Å². The lowest BCUT2D eigenvalue weighted by Gasteiger charge is -2.20. The molecule has 0 aliphatic rings. The topological polar surface area (TPSA) is 59.2 Å². The Morgan fingerprint density at radius 2 is 2.00 bits per heavy atom. The maximum Gasteiger partial charge on any atom is 0.249 e. The molecule has 7 heteroatoms. The molecule has 0 bridgehead atoms. The number of aromatic nitrogens is 2. The monoisotopic (exact) mass is 387 g/mol. The first kappa shape index (κ1) is 19.0. The molecule has 0 aliphatic carbocycles. The van der Waals surface area contributed by atoms with E-state index < -0.39 is 0 Å². The zero-order chi connectivity index (χ0) is 19.2. The average Bonchev–Trinajstić information content (AvgIpc) is 3.10. The first-order chi connectivity index (χ1) is 13.1. The number of rotatable bonds is 7. The normalized spacial score (nSPS) is 10.8. The zero-order valence-electron chi connectivity index (χ0n) is 14.9. The molecule has 0 fully saturated rings. The highest BCUT2D eigenvalue weighted by atomic mass is 35.5. The molecule has 3 aromatic rings. The van der Waals surface area contributed by atoms with Crippen molar-refractivity contribution in [3.8, 4) is 11.5 Å². The van der Waals surface area contributed by atoms with Crippen LogP contribution in [0.4, 0.5) is 4.39 Å². The Hall–Kier alpha value is -2.73. The van der Waals surface area contributed by atoms with Gasteiger partial charge in [0.05, 0.1) is 23.6 Å². The van der Waals surface area contributed by atoms with Crippen molar-refractivity contribution in [2.45, 2.75) is 26.3 Å². The molecule has 140 valence electrons. The molecule has 5 nitrogen and oxygen atoms in total. The Balaban J connectivity index is 1.73. The highest BCUT2D eigenvalue weighted by Gasteiger charge is 2.18. The minimum Gasteiger partial charge on any atom is -0.419 e. The highest BCUT2D eigenvalue weighted by Crippen LogP contribution is 2.26. The molecule has 1 aromatic heterocycles. The first-order valence-electron chi connectivity index (χ1n) is 8.66. The molecule has 0 spiro atoms. The fraction of sp³-hybridized carbons (Fsp3) is 0.250. The van der Waals surface area contributed by atoms with E-state index in [1.165, 1.54) is 12.1 Å². The molecular formula is C20H19ClFN3O2. The fourth-order valence-electron chi connectivity index (χ4n) is 2.72. The number of nitrogens with zero attached hydrogens (tertiary/aromatic N) is 3. The van der Waals surface area contributed by atoms with E-state index in [0.717, 1.165) is 6.42 Å². The van der Waals surface area contributed by atoms with Crippen LogP contribution in [0.15, 0.2) is 52.9 Å².